The minimum Gasteiger partial charge on any atom is -0.291 e. The van der Waals surface area contributed by atoms with Gasteiger partial charge >= 0.3 is 0 Å². The third-order valence-electron chi connectivity index (χ3n) is 3.98. The normalized spacial score (nSPS) is 10.6. The first-order valence-electron chi connectivity index (χ1n) is 8.48. The second-order valence-electron chi connectivity index (χ2n) is 5.87. The topological polar surface area (TPSA) is 83.6 Å². The van der Waals surface area contributed by atoms with Crippen molar-refractivity contribution >= 4 is 11.9 Å². The number of hydrogen-bond acceptors (Lipinski definition) is 4. The lowest BCUT2D eigenvalue weighted by Crippen LogP contribution is -2.12. The van der Waals surface area contributed by atoms with Crippen LogP contribution in [0, 0.1) is 0 Å². The summed E-state index contributed by atoms with van der Waals surface area (Å²) in [6.07, 6.45) is 8.03. The first-order valence-corrected chi connectivity index (χ1v) is 8.48. The van der Waals surface area contributed by atoms with E-state index in [1.54, 1.807) is 12.1 Å². The molecule has 3 aromatic rings. The number of aromatic amines is 1. The average Bonchev–Trinajstić information content (AvgIpc) is 3.16. The number of anilines is 1. The molecule has 0 spiro atoms. The van der Waals surface area contributed by atoms with Crippen molar-refractivity contribution in [2.75, 3.05) is 5.32 Å². The molecule has 0 saturated carbocycles. The fourth-order valence-electron chi connectivity index (χ4n) is 2.56. The number of benzene rings is 1. The summed E-state index contributed by atoms with van der Waals surface area (Å²) in [5.74, 6) is 0.0944. The predicted octanol–water partition coefficient (Wildman–Crippen LogP) is 3.85. The molecule has 0 aliphatic rings. The molecule has 2 N–H and O–H groups in total. The molecule has 0 radical (unpaired) electrons. The Bertz CT molecular complexity index is 795. The van der Waals surface area contributed by atoms with Gasteiger partial charge in [-0.05, 0) is 36.6 Å². The molecule has 2 heterocycles. The van der Waals surface area contributed by atoms with Crippen LogP contribution in [0.1, 0.15) is 42.1 Å². The highest BCUT2D eigenvalue weighted by Gasteiger charge is 2.08. The molecule has 0 unspecified atom stereocenters. The second-order valence-corrected chi connectivity index (χ2v) is 5.87. The number of aryl methyl sites for hydroxylation is 1. The molecule has 0 atom stereocenters. The summed E-state index contributed by atoms with van der Waals surface area (Å²) in [6, 6.07) is 11.5. The number of nitrogens with zero attached hydrogens (tertiary/aromatic N) is 3. The van der Waals surface area contributed by atoms with Crippen molar-refractivity contribution in [1.29, 1.82) is 0 Å². The number of nitrogens with one attached hydrogen (secondary N) is 2. The molecule has 0 fully saturated rings. The van der Waals surface area contributed by atoms with Gasteiger partial charge in [0.05, 0.1) is 5.69 Å². The Balaban J connectivity index is 1.64. The number of hydrogen-bond donors (Lipinski definition) is 2. The highest BCUT2D eigenvalue weighted by Crippen LogP contribution is 2.19. The van der Waals surface area contributed by atoms with Crippen LogP contribution in [0.4, 0.5) is 5.95 Å². The van der Waals surface area contributed by atoms with Gasteiger partial charge in [0.1, 0.15) is 6.33 Å². The monoisotopic (exact) mass is 335 g/mol. The van der Waals surface area contributed by atoms with Gasteiger partial charge in [0.15, 0.2) is 0 Å². The van der Waals surface area contributed by atoms with Crippen LogP contribution in [0.15, 0.2) is 48.9 Å². The molecule has 0 saturated heterocycles. The van der Waals surface area contributed by atoms with E-state index in [2.05, 4.69) is 38.5 Å². The lowest BCUT2D eigenvalue weighted by molar-refractivity contribution is 0.102. The van der Waals surface area contributed by atoms with E-state index in [0.29, 0.717) is 11.5 Å². The zero-order valence-electron chi connectivity index (χ0n) is 14.2. The van der Waals surface area contributed by atoms with Crippen molar-refractivity contribution in [3.63, 3.8) is 0 Å². The molecule has 1 aromatic carbocycles. The second kappa shape index (κ2) is 8.19. The number of pyridine rings is 1. The smallest absolute Gasteiger partial charge is 0.258 e. The lowest BCUT2D eigenvalue weighted by atomic mass is 10.1. The number of aromatic nitrogens is 4. The van der Waals surface area contributed by atoms with E-state index < -0.39 is 0 Å². The van der Waals surface area contributed by atoms with E-state index in [-0.39, 0.29) is 5.91 Å². The van der Waals surface area contributed by atoms with Crippen molar-refractivity contribution in [3.8, 4) is 11.3 Å². The maximum absolute atomic E-state index is 12.1. The fourth-order valence-corrected chi connectivity index (χ4v) is 2.56. The van der Waals surface area contributed by atoms with Crippen molar-refractivity contribution in [1.82, 2.24) is 20.2 Å². The summed E-state index contributed by atoms with van der Waals surface area (Å²) in [5.41, 5.74) is 3.70. The minimum absolute atomic E-state index is 0.234. The largest absolute Gasteiger partial charge is 0.291 e. The molecule has 0 aliphatic carbocycles. The summed E-state index contributed by atoms with van der Waals surface area (Å²) >= 11 is 0. The van der Waals surface area contributed by atoms with E-state index in [9.17, 15) is 4.79 Å². The van der Waals surface area contributed by atoms with Crippen LogP contribution < -0.4 is 5.32 Å². The van der Waals surface area contributed by atoms with Crippen LogP contribution in [-0.4, -0.2) is 26.1 Å². The number of carbonyl (C=O) groups is 1. The molecule has 1 amide bonds. The molecule has 6 heteroatoms. The zero-order chi connectivity index (χ0) is 17.5. The maximum atomic E-state index is 12.1. The standard InChI is InChI=1S/C19H21N5O/c1-2-3-4-5-14-6-11-17(20-12-14)15-7-9-16(10-8-15)18(25)23-19-21-13-22-24-19/h6-13H,2-5H2,1H3,(H2,21,22,23,24,25). The van der Waals surface area contributed by atoms with Gasteiger partial charge in [-0.3, -0.25) is 15.1 Å². The van der Waals surface area contributed by atoms with Gasteiger partial charge in [0.25, 0.3) is 5.91 Å². The quantitative estimate of drug-likeness (QED) is 0.642. The minimum atomic E-state index is -0.234. The molecular weight excluding hydrogens is 314 g/mol. The maximum Gasteiger partial charge on any atom is 0.258 e. The van der Waals surface area contributed by atoms with Gasteiger partial charge < -0.3 is 0 Å². The Kier molecular flexibility index (Phi) is 5.51. The first kappa shape index (κ1) is 16.8. The predicted molar refractivity (Wildman–Crippen MR) is 97.2 cm³/mol. The Morgan fingerprint density at radius 2 is 1.92 bits per heavy atom. The van der Waals surface area contributed by atoms with Gasteiger partial charge in [0, 0.05) is 17.3 Å². The SMILES string of the molecule is CCCCCc1ccc(-c2ccc(C(=O)Nc3ncn[nH]3)cc2)nc1. The van der Waals surface area contributed by atoms with Crippen LogP contribution in [0.3, 0.4) is 0 Å². The first-order chi connectivity index (χ1) is 12.3. The summed E-state index contributed by atoms with van der Waals surface area (Å²) in [6.45, 7) is 2.21. The molecule has 128 valence electrons. The third-order valence-corrected chi connectivity index (χ3v) is 3.98. The van der Waals surface area contributed by atoms with Gasteiger partial charge in [-0.25, -0.2) is 5.10 Å². The Morgan fingerprint density at radius 3 is 2.56 bits per heavy atom. The highest BCUT2D eigenvalue weighted by molar-refractivity contribution is 6.03. The Morgan fingerprint density at radius 1 is 1.08 bits per heavy atom. The van der Waals surface area contributed by atoms with Crippen LogP contribution in [0.25, 0.3) is 11.3 Å². The summed E-state index contributed by atoms with van der Waals surface area (Å²) in [7, 11) is 0. The van der Waals surface area contributed by atoms with Crippen LogP contribution >= 0.6 is 0 Å². The summed E-state index contributed by atoms with van der Waals surface area (Å²) in [5, 5.41) is 8.93. The van der Waals surface area contributed by atoms with E-state index in [4.69, 9.17) is 0 Å². The molecule has 0 aliphatic heterocycles. The van der Waals surface area contributed by atoms with Crippen LogP contribution in [0.2, 0.25) is 0 Å². The Labute approximate surface area is 146 Å². The van der Waals surface area contributed by atoms with Crippen molar-refractivity contribution in [3.05, 3.63) is 60.0 Å². The van der Waals surface area contributed by atoms with Gasteiger partial charge in [0.2, 0.25) is 5.95 Å². The number of carbonyl (C=O) groups excluding carboxylic acids is 1. The average molecular weight is 335 g/mol. The number of H-pyrrole nitrogens is 1. The van der Waals surface area contributed by atoms with Gasteiger partial charge in [-0.2, -0.15) is 10.1 Å². The molecular formula is C19H21N5O. The number of rotatable bonds is 7. The molecule has 0 bridgehead atoms. The lowest BCUT2D eigenvalue weighted by Gasteiger charge is -2.05. The molecule has 2 aromatic heterocycles. The van der Waals surface area contributed by atoms with E-state index in [1.165, 1.54) is 31.2 Å². The summed E-state index contributed by atoms with van der Waals surface area (Å²) in [4.78, 5) is 20.5. The highest BCUT2D eigenvalue weighted by atomic mass is 16.1. The van der Waals surface area contributed by atoms with E-state index in [1.807, 2.05) is 24.4 Å². The molecule has 25 heavy (non-hydrogen) atoms. The Hall–Kier alpha value is -3.02. The summed E-state index contributed by atoms with van der Waals surface area (Å²) < 4.78 is 0. The van der Waals surface area contributed by atoms with Gasteiger partial charge in [-0.15, -0.1) is 0 Å². The van der Waals surface area contributed by atoms with Crippen molar-refractivity contribution in [2.45, 2.75) is 32.6 Å². The van der Waals surface area contributed by atoms with Gasteiger partial charge in [-0.1, -0.05) is 38.0 Å². The molecule has 3 rings (SSSR count). The third kappa shape index (κ3) is 4.50. The number of amides is 1. The van der Waals surface area contributed by atoms with E-state index >= 15 is 0 Å². The zero-order valence-corrected chi connectivity index (χ0v) is 14.2. The van der Waals surface area contributed by atoms with E-state index in [0.717, 1.165) is 17.7 Å². The fraction of sp³-hybridized carbons (Fsp3) is 0.263. The van der Waals surface area contributed by atoms with Crippen molar-refractivity contribution in [2.24, 2.45) is 0 Å². The van der Waals surface area contributed by atoms with Crippen LogP contribution in [-0.2, 0) is 6.42 Å². The molecule has 6 nitrogen and oxygen atoms in total. The van der Waals surface area contributed by atoms with Crippen molar-refractivity contribution < 1.29 is 4.79 Å². The number of unbranched alkanes of at least 4 members (excludes halogenated alkanes) is 2. The van der Waals surface area contributed by atoms with Crippen LogP contribution in [0.5, 0.6) is 0 Å².